The largest absolute Gasteiger partial charge is 0.508 e. The van der Waals surface area contributed by atoms with E-state index in [4.69, 9.17) is 4.74 Å². The Kier molecular flexibility index (Phi) is 6.38. The number of carbonyl (C=O) groups is 3. The number of aromatic hydroxyl groups is 1. The number of carbonyl (C=O) groups excluding carboxylic acids is 3. The van der Waals surface area contributed by atoms with Crippen molar-refractivity contribution in [3.8, 4) is 5.75 Å². The van der Waals surface area contributed by atoms with E-state index in [2.05, 4.69) is 5.32 Å². The monoisotopic (exact) mass is 348 g/mol. The van der Waals surface area contributed by atoms with Crippen LogP contribution in [0.3, 0.4) is 0 Å². The number of nitrogens with zero attached hydrogens (tertiary/aromatic N) is 1. The smallest absolute Gasteiger partial charge is 0.328 e. The molecule has 0 saturated carbocycles. The summed E-state index contributed by atoms with van der Waals surface area (Å²) >= 11 is 0. The van der Waals surface area contributed by atoms with E-state index < -0.39 is 12.0 Å². The predicted molar refractivity (Wildman–Crippen MR) is 90.7 cm³/mol. The first-order chi connectivity index (χ1) is 11.9. The molecule has 1 atom stereocenters. The van der Waals surface area contributed by atoms with Crippen LogP contribution in [-0.4, -0.2) is 54.0 Å². The minimum Gasteiger partial charge on any atom is -0.508 e. The fourth-order valence-corrected chi connectivity index (χ4v) is 2.95. The van der Waals surface area contributed by atoms with Crippen LogP contribution in [0.25, 0.3) is 0 Å². The van der Waals surface area contributed by atoms with Crippen LogP contribution < -0.4 is 5.32 Å². The Morgan fingerprint density at radius 2 is 1.84 bits per heavy atom. The van der Waals surface area contributed by atoms with Crippen molar-refractivity contribution in [2.24, 2.45) is 5.92 Å². The lowest BCUT2D eigenvalue weighted by atomic mass is 9.95. The van der Waals surface area contributed by atoms with Gasteiger partial charge in [-0.15, -0.1) is 0 Å². The lowest BCUT2D eigenvalue weighted by Gasteiger charge is -2.31. The summed E-state index contributed by atoms with van der Waals surface area (Å²) in [4.78, 5) is 37.6. The molecule has 0 bridgehead atoms. The second kappa shape index (κ2) is 8.50. The molecule has 2 N–H and O–H groups in total. The Balaban J connectivity index is 1.97. The number of piperidine rings is 1. The number of nitrogens with one attached hydrogen (secondary N) is 1. The van der Waals surface area contributed by atoms with E-state index >= 15 is 0 Å². The SMILES string of the molecule is COC(=O)C(Cc1ccc(O)cc1)NC(=O)C1CCN(C(C)=O)CC1. The van der Waals surface area contributed by atoms with Gasteiger partial charge in [-0.25, -0.2) is 4.79 Å². The number of phenols is 1. The molecule has 1 aromatic rings. The van der Waals surface area contributed by atoms with Crippen molar-refractivity contribution < 1.29 is 24.2 Å². The van der Waals surface area contributed by atoms with Crippen molar-refractivity contribution >= 4 is 17.8 Å². The summed E-state index contributed by atoms with van der Waals surface area (Å²) in [6.07, 6.45) is 1.45. The molecular formula is C18H24N2O5. The molecule has 25 heavy (non-hydrogen) atoms. The number of hydrogen-bond acceptors (Lipinski definition) is 5. The first-order valence-corrected chi connectivity index (χ1v) is 8.32. The summed E-state index contributed by atoms with van der Waals surface area (Å²) in [7, 11) is 1.28. The molecule has 0 radical (unpaired) electrons. The molecule has 136 valence electrons. The lowest BCUT2D eigenvalue weighted by molar-refractivity contribution is -0.145. The van der Waals surface area contributed by atoms with E-state index in [0.717, 1.165) is 5.56 Å². The molecule has 1 saturated heterocycles. The summed E-state index contributed by atoms with van der Waals surface area (Å²) in [5.41, 5.74) is 0.805. The normalized spacial score (nSPS) is 16.2. The van der Waals surface area contributed by atoms with Gasteiger partial charge in [0, 0.05) is 32.4 Å². The van der Waals surface area contributed by atoms with Crippen molar-refractivity contribution in [2.45, 2.75) is 32.2 Å². The third kappa shape index (κ3) is 5.20. The Morgan fingerprint density at radius 1 is 1.24 bits per heavy atom. The Bertz CT molecular complexity index is 621. The van der Waals surface area contributed by atoms with Gasteiger partial charge in [0.05, 0.1) is 7.11 Å². The van der Waals surface area contributed by atoms with Crippen LogP contribution in [0, 0.1) is 5.92 Å². The fraction of sp³-hybridized carbons (Fsp3) is 0.500. The summed E-state index contributed by atoms with van der Waals surface area (Å²) < 4.78 is 4.79. The van der Waals surface area contributed by atoms with Gasteiger partial charge in [0.1, 0.15) is 11.8 Å². The quantitative estimate of drug-likeness (QED) is 0.769. The molecule has 0 spiro atoms. The highest BCUT2D eigenvalue weighted by Crippen LogP contribution is 2.18. The van der Waals surface area contributed by atoms with Crippen LogP contribution in [0.1, 0.15) is 25.3 Å². The van der Waals surface area contributed by atoms with E-state index in [-0.39, 0.29) is 29.9 Å². The standard InChI is InChI=1S/C18H24N2O5/c1-12(21)20-9-7-14(8-10-20)17(23)19-16(18(24)25-2)11-13-3-5-15(22)6-4-13/h3-6,14,16,22H,7-11H2,1-2H3,(H,19,23). The van der Waals surface area contributed by atoms with Gasteiger partial charge in [-0.2, -0.15) is 0 Å². The van der Waals surface area contributed by atoms with Crippen molar-refractivity contribution in [3.63, 3.8) is 0 Å². The van der Waals surface area contributed by atoms with Crippen LogP contribution in [0.2, 0.25) is 0 Å². The average molecular weight is 348 g/mol. The second-order valence-corrected chi connectivity index (χ2v) is 6.24. The number of esters is 1. The highest BCUT2D eigenvalue weighted by Gasteiger charge is 2.29. The first-order valence-electron chi connectivity index (χ1n) is 8.32. The molecular weight excluding hydrogens is 324 g/mol. The number of likely N-dealkylation sites (tertiary alicyclic amines) is 1. The molecule has 1 heterocycles. The minimum atomic E-state index is -0.784. The predicted octanol–water partition coefficient (Wildman–Crippen LogP) is 0.851. The van der Waals surface area contributed by atoms with Gasteiger partial charge < -0.3 is 20.1 Å². The molecule has 0 aromatic heterocycles. The van der Waals surface area contributed by atoms with Gasteiger partial charge in [0.25, 0.3) is 0 Å². The number of phenolic OH excluding ortho intramolecular Hbond substituents is 1. The van der Waals surface area contributed by atoms with E-state index in [1.54, 1.807) is 17.0 Å². The van der Waals surface area contributed by atoms with Gasteiger partial charge in [-0.05, 0) is 30.5 Å². The number of benzene rings is 1. The Labute approximate surface area is 147 Å². The molecule has 1 aliphatic rings. The van der Waals surface area contributed by atoms with Gasteiger partial charge in [-0.3, -0.25) is 9.59 Å². The molecule has 7 nitrogen and oxygen atoms in total. The topological polar surface area (TPSA) is 95.9 Å². The highest BCUT2D eigenvalue weighted by atomic mass is 16.5. The number of hydrogen-bond donors (Lipinski definition) is 2. The van der Waals surface area contributed by atoms with E-state index in [1.165, 1.54) is 26.2 Å². The summed E-state index contributed by atoms with van der Waals surface area (Å²) in [6, 6.07) is 5.67. The fourth-order valence-electron chi connectivity index (χ4n) is 2.95. The number of rotatable bonds is 5. The Morgan fingerprint density at radius 3 is 2.36 bits per heavy atom. The van der Waals surface area contributed by atoms with Crippen molar-refractivity contribution in [1.29, 1.82) is 0 Å². The Hall–Kier alpha value is -2.57. The van der Waals surface area contributed by atoms with E-state index in [1.807, 2.05) is 0 Å². The maximum atomic E-state index is 12.5. The number of ether oxygens (including phenoxy) is 1. The van der Waals surface area contributed by atoms with E-state index in [0.29, 0.717) is 25.9 Å². The zero-order chi connectivity index (χ0) is 18.4. The number of amides is 2. The molecule has 2 amide bonds. The van der Waals surface area contributed by atoms with E-state index in [9.17, 15) is 19.5 Å². The minimum absolute atomic E-state index is 0.0126. The molecule has 1 aliphatic heterocycles. The zero-order valence-electron chi connectivity index (χ0n) is 14.5. The first kappa shape index (κ1) is 18.8. The molecule has 2 rings (SSSR count). The maximum Gasteiger partial charge on any atom is 0.328 e. The van der Waals surface area contributed by atoms with Crippen molar-refractivity contribution in [2.75, 3.05) is 20.2 Å². The maximum absolute atomic E-state index is 12.5. The third-order valence-electron chi connectivity index (χ3n) is 4.49. The van der Waals surface area contributed by atoms with Gasteiger partial charge in [0.15, 0.2) is 0 Å². The molecule has 0 aliphatic carbocycles. The summed E-state index contributed by atoms with van der Waals surface area (Å²) in [5, 5.41) is 12.1. The number of methoxy groups -OCH3 is 1. The summed E-state index contributed by atoms with van der Waals surface area (Å²) in [5.74, 6) is -0.777. The average Bonchev–Trinajstić information content (AvgIpc) is 2.62. The molecule has 1 aromatic carbocycles. The van der Waals surface area contributed by atoms with Crippen molar-refractivity contribution in [1.82, 2.24) is 10.2 Å². The highest BCUT2D eigenvalue weighted by molar-refractivity contribution is 5.86. The van der Waals surface area contributed by atoms with Crippen LogP contribution in [0.15, 0.2) is 24.3 Å². The zero-order valence-corrected chi connectivity index (χ0v) is 14.5. The second-order valence-electron chi connectivity index (χ2n) is 6.24. The summed E-state index contributed by atoms with van der Waals surface area (Å²) in [6.45, 7) is 2.62. The lowest BCUT2D eigenvalue weighted by Crippen LogP contribution is -2.48. The van der Waals surface area contributed by atoms with Crippen LogP contribution in [-0.2, 0) is 25.5 Å². The van der Waals surface area contributed by atoms with Gasteiger partial charge >= 0.3 is 5.97 Å². The van der Waals surface area contributed by atoms with Crippen LogP contribution in [0.5, 0.6) is 5.75 Å². The van der Waals surface area contributed by atoms with Gasteiger partial charge in [-0.1, -0.05) is 12.1 Å². The molecule has 7 heteroatoms. The van der Waals surface area contributed by atoms with Gasteiger partial charge in [0.2, 0.25) is 11.8 Å². The molecule has 1 unspecified atom stereocenters. The van der Waals surface area contributed by atoms with Crippen LogP contribution >= 0.6 is 0 Å². The molecule has 1 fully saturated rings. The third-order valence-corrected chi connectivity index (χ3v) is 4.49. The van der Waals surface area contributed by atoms with Crippen molar-refractivity contribution in [3.05, 3.63) is 29.8 Å². The van der Waals surface area contributed by atoms with Crippen LogP contribution in [0.4, 0.5) is 0 Å².